The first-order valence-corrected chi connectivity index (χ1v) is 6.61. The Labute approximate surface area is 119 Å². The van der Waals surface area contributed by atoms with Crippen LogP contribution in [0.5, 0.6) is 5.75 Å². The highest BCUT2D eigenvalue weighted by molar-refractivity contribution is 5.94. The van der Waals surface area contributed by atoms with Gasteiger partial charge in [0, 0.05) is 5.56 Å². The van der Waals surface area contributed by atoms with E-state index in [4.69, 9.17) is 4.74 Å². The first kappa shape index (κ1) is 14.1. The number of nitrogens with one attached hydrogen (secondary N) is 1. The summed E-state index contributed by atoms with van der Waals surface area (Å²) in [6, 6.07) is 15.2. The van der Waals surface area contributed by atoms with Crippen molar-refractivity contribution in [3.05, 3.63) is 65.2 Å². The summed E-state index contributed by atoms with van der Waals surface area (Å²) in [5.74, 6) is 0.753. The molecule has 0 bridgehead atoms. The van der Waals surface area contributed by atoms with Gasteiger partial charge in [-0.1, -0.05) is 29.8 Å². The number of carbonyl (C=O) groups excluding carboxylic acids is 1. The maximum Gasteiger partial charge on any atom is 0.251 e. The number of rotatable bonds is 4. The summed E-state index contributed by atoms with van der Waals surface area (Å²) in [5.41, 5.74) is 2.81. The minimum atomic E-state index is -0.0583. The van der Waals surface area contributed by atoms with Crippen LogP contribution in [0, 0.1) is 6.92 Å². The summed E-state index contributed by atoms with van der Waals surface area (Å²) < 4.78 is 5.13. The van der Waals surface area contributed by atoms with Crippen molar-refractivity contribution in [3.63, 3.8) is 0 Å². The number of hydrogen-bond donors (Lipinski definition) is 1. The second kappa shape index (κ2) is 6.24. The van der Waals surface area contributed by atoms with E-state index < -0.39 is 0 Å². The maximum absolute atomic E-state index is 12.2. The van der Waals surface area contributed by atoms with Crippen LogP contribution in [0.1, 0.15) is 34.5 Å². The van der Waals surface area contributed by atoms with E-state index in [-0.39, 0.29) is 11.9 Å². The average Bonchev–Trinajstić information content (AvgIpc) is 2.47. The van der Waals surface area contributed by atoms with E-state index in [0.29, 0.717) is 5.56 Å². The highest BCUT2D eigenvalue weighted by atomic mass is 16.5. The summed E-state index contributed by atoms with van der Waals surface area (Å²) in [7, 11) is 1.64. The SMILES string of the molecule is COc1ccc(C(C)NC(=O)c2cccc(C)c2)cc1. The number of methoxy groups -OCH3 is 1. The van der Waals surface area contributed by atoms with Crippen molar-refractivity contribution < 1.29 is 9.53 Å². The molecule has 0 saturated heterocycles. The summed E-state index contributed by atoms with van der Waals surface area (Å²) in [5, 5.41) is 3.00. The lowest BCUT2D eigenvalue weighted by Gasteiger charge is -2.15. The van der Waals surface area contributed by atoms with Gasteiger partial charge in [-0.05, 0) is 43.7 Å². The number of amides is 1. The van der Waals surface area contributed by atoms with E-state index in [1.165, 1.54) is 0 Å². The normalized spacial score (nSPS) is 11.8. The monoisotopic (exact) mass is 269 g/mol. The van der Waals surface area contributed by atoms with Crippen LogP contribution in [-0.2, 0) is 0 Å². The fraction of sp³-hybridized carbons (Fsp3) is 0.235. The molecule has 3 heteroatoms. The molecule has 1 amide bonds. The molecule has 0 aliphatic rings. The topological polar surface area (TPSA) is 38.3 Å². The van der Waals surface area contributed by atoms with Crippen molar-refractivity contribution in [1.29, 1.82) is 0 Å². The third kappa shape index (κ3) is 3.38. The molecule has 0 heterocycles. The summed E-state index contributed by atoms with van der Waals surface area (Å²) in [6.45, 7) is 3.94. The molecule has 2 rings (SSSR count). The standard InChI is InChI=1S/C17H19NO2/c1-12-5-4-6-15(11-12)17(19)18-13(2)14-7-9-16(20-3)10-8-14/h4-11,13H,1-3H3,(H,18,19). The number of benzene rings is 2. The third-order valence-corrected chi connectivity index (χ3v) is 3.24. The first-order valence-electron chi connectivity index (χ1n) is 6.61. The Bertz CT molecular complexity index is 590. The van der Waals surface area contributed by atoms with Gasteiger partial charge < -0.3 is 10.1 Å². The lowest BCUT2D eigenvalue weighted by molar-refractivity contribution is 0.0940. The van der Waals surface area contributed by atoms with E-state index in [0.717, 1.165) is 16.9 Å². The fourth-order valence-electron chi connectivity index (χ4n) is 2.04. The van der Waals surface area contributed by atoms with Gasteiger partial charge in [-0.15, -0.1) is 0 Å². The van der Waals surface area contributed by atoms with Gasteiger partial charge in [-0.2, -0.15) is 0 Å². The molecule has 104 valence electrons. The third-order valence-electron chi connectivity index (χ3n) is 3.24. The molecule has 0 spiro atoms. The lowest BCUT2D eigenvalue weighted by atomic mass is 10.1. The van der Waals surface area contributed by atoms with E-state index in [2.05, 4.69) is 5.32 Å². The van der Waals surface area contributed by atoms with E-state index in [1.807, 2.05) is 62.4 Å². The molecular weight excluding hydrogens is 250 g/mol. The Balaban J connectivity index is 2.06. The molecule has 20 heavy (non-hydrogen) atoms. The summed E-state index contributed by atoms with van der Waals surface area (Å²) in [4.78, 5) is 12.2. The van der Waals surface area contributed by atoms with Crippen LogP contribution in [0.15, 0.2) is 48.5 Å². The van der Waals surface area contributed by atoms with Crippen LogP contribution in [0.4, 0.5) is 0 Å². The molecule has 3 nitrogen and oxygen atoms in total. The van der Waals surface area contributed by atoms with Gasteiger partial charge in [0.15, 0.2) is 0 Å². The molecule has 2 aromatic carbocycles. The van der Waals surface area contributed by atoms with Crippen molar-refractivity contribution in [3.8, 4) is 5.75 Å². The van der Waals surface area contributed by atoms with Gasteiger partial charge in [0.1, 0.15) is 5.75 Å². The Morgan fingerprint density at radius 3 is 2.45 bits per heavy atom. The largest absolute Gasteiger partial charge is 0.497 e. The predicted octanol–water partition coefficient (Wildman–Crippen LogP) is 3.49. The minimum Gasteiger partial charge on any atom is -0.497 e. The second-order valence-electron chi connectivity index (χ2n) is 4.84. The van der Waals surface area contributed by atoms with Crippen LogP contribution in [0.2, 0.25) is 0 Å². The molecular formula is C17H19NO2. The Kier molecular flexibility index (Phi) is 4.41. The van der Waals surface area contributed by atoms with Gasteiger partial charge >= 0.3 is 0 Å². The van der Waals surface area contributed by atoms with Crippen molar-refractivity contribution in [1.82, 2.24) is 5.32 Å². The number of ether oxygens (including phenoxy) is 1. The first-order chi connectivity index (χ1) is 9.60. The van der Waals surface area contributed by atoms with E-state index in [9.17, 15) is 4.79 Å². The van der Waals surface area contributed by atoms with Crippen molar-refractivity contribution >= 4 is 5.91 Å². The Morgan fingerprint density at radius 2 is 1.85 bits per heavy atom. The van der Waals surface area contributed by atoms with Crippen LogP contribution >= 0.6 is 0 Å². The van der Waals surface area contributed by atoms with Crippen molar-refractivity contribution in [2.75, 3.05) is 7.11 Å². The second-order valence-corrected chi connectivity index (χ2v) is 4.84. The number of hydrogen-bond acceptors (Lipinski definition) is 2. The quantitative estimate of drug-likeness (QED) is 0.922. The maximum atomic E-state index is 12.2. The van der Waals surface area contributed by atoms with Crippen LogP contribution < -0.4 is 10.1 Å². The smallest absolute Gasteiger partial charge is 0.251 e. The van der Waals surface area contributed by atoms with Gasteiger partial charge in [0.2, 0.25) is 0 Å². The summed E-state index contributed by atoms with van der Waals surface area (Å²) in [6.07, 6.45) is 0. The van der Waals surface area contributed by atoms with Crippen LogP contribution in [0.25, 0.3) is 0 Å². The molecule has 0 saturated carbocycles. The minimum absolute atomic E-state index is 0.0473. The van der Waals surface area contributed by atoms with Crippen molar-refractivity contribution in [2.45, 2.75) is 19.9 Å². The number of carbonyl (C=O) groups is 1. The molecule has 1 unspecified atom stereocenters. The highest BCUT2D eigenvalue weighted by Crippen LogP contribution is 2.17. The molecule has 0 fully saturated rings. The molecule has 0 aliphatic carbocycles. The van der Waals surface area contributed by atoms with Crippen molar-refractivity contribution in [2.24, 2.45) is 0 Å². The fourth-order valence-corrected chi connectivity index (χ4v) is 2.04. The molecule has 1 N–H and O–H groups in total. The molecule has 1 atom stereocenters. The lowest BCUT2D eigenvalue weighted by Crippen LogP contribution is -2.26. The number of aryl methyl sites for hydroxylation is 1. The predicted molar refractivity (Wildman–Crippen MR) is 80.1 cm³/mol. The van der Waals surface area contributed by atoms with Gasteiger partial charge in [-0.3, -0.25) is 4.79 Å². The zero-order valence-corrected chi connectivity index (χ0v) is 12.0. The summed E-state index contributed by atoms with van der Waals surface area (Å²) >= 11 is 0. The molecule has 2 aromatic rings. The van der Waals surface area contributed by atoms with Gasteiger partial charge in [0.05, 0.1) is 13.2 Å². The zero-order valence-electron chi connectivity index (χ0n) is 12.0. The van der Waals surface area contributed by atoms with Gasteiger partial charge in [-0.25, -0.2) is 0 Å². The van der Waals surface area contributed by atoms with E-state index >= 15 is 0 Å². The average molecular weight is 269 g/mol. The molecule has 0 radical (unpaired) electrons. The Morgan fingerprint density at radius 1 is 1.15 bits per heavy atom. The highest BCUT2D eigenvalue weighted by Gasteiger charge is 2.11. The zero-order chi connectivity index (χ0) is 14.5. The van der Waals surface area contributed by atoms with Crippen LogP contribution in [0.3, 0.4) is 0 Å². The molecule has 0 aliphatic heterocycles. The van der Waals surface area contributed by atoms with Crippen LogP contribution in [-0.4, -0.2) is 13.0 Å². The van der Waals surface area contributed by atoms with E-state index in [1.54, 1.807) is 7.11 Å². The Hall–Kier alpha value is -2.29. The van der Waals surface area contributed by atoms with Gasteiger partial charge in [0.25, 0.3) is 5.91 Å². The molecule has 0 aromatic heterocycles.